The van der Waals surface area contributed by atoms with E-state index in [1.807, 2.05) is 0 Å². The predicted molar refractivity (Wildman–Crippen MR) is 90.9 cm³/mol. The van der Waals surface area contributed by atoms with E-state index < -0.39 is 0 Å². The number of halogens is 1. The molecular formula is C17H33ClN2O. The van der Waals surface area contributed by atoms with Crippen LogP contribution in [0.5, 0.6) is 0 Å². The van der Waals surface area contributed by atoms with Crippen molar-refractivity contribution >= 4 is 18.3 Å². The van der Waals surface area contributed by atoms with Crippen LogP contribution in [0.25, 0.3) is 0 Å². The molecule has 0 unspecified atom stereocenters. The Kier molecular flexibility index (Phi) is 9.34. The third-order valence-corrected chi connectivity index (χ3v) is 5.15. The van der Waals surface area contributed by atoms with Gasteiger partial charge in [0.15, 0.2) is 0 Å². The first-order valence-corrected chi connectivity index (χ1v) is 8.78. The lowest BCUT2D eigenvalue weighted by molar-refractivity contribution is -0.122. The lowest BCUT2D eigenvalue weighted by Crippen LogP contribution is -2.38. The number of piperidine rings is 1. The van der Waals surface area contributed by atoms with Gasteiger partial charge in [0.2, 0.25) is 5.91 Å². The third kappa shape index (κ3) is 7.01. The zero-order chi connectivity index (χ0) is 14.2. The fourth-order valence-corrected chi connectivity index (χ4v) is 3.81. The Labute approximate surface area is 136 Å². The molecule has 1 amide bonds. The van der Waals surface area contributed by atoms with Gasteiger partial charge in [0, 0.05) is 12.5 Å². The Morgan fingerprint density at radius 2 is 1.62 bits per heavy atom. The molecule has 0 atom stereocenters. The van der Waals surface area contributed by atoms with E-state index in [1.165, 1.54) is 51.4 Å². The average molecular weight is 317 g/mol. The molecular weight excluding hydrogens is 284 g/mol. The molecule has 2 rings (SSSR count). The maximum Gasteiger partial charge on any atom is 0.220 e. The summed E-state index contributed by atoms with van der Waals surface area (Å²) < 4.78 is 0. The van der Waals surface area contributed by atoms with Crippen molar-refractivity contribution < 1.29 is 4.79 Å². The molecule has 21 heavy (non-hydrogen) atoms. The number of amides is 1. The number of rotatable bonds is 6. The number of hydrogen-bond acceptors (Lipinski definition) is 2. The van der Waals surface area contributed by atoms with Gasteiger partial charge in [0.1, 0.15) is 0 Å². The van der Waals surface area contributed by atoms with Crippen molar-refractivity contribution in [3.63, 3.8) is 0 Å². The zero-order valence-corrected chi connectivity index (χ0v) is 14.4. The second-order valence-electron chi connectivity index (χ2n) is 6.81. The van der Waals surface area contributed by atoms with Crippen LogP contribution in [-0.2, 0) is 4.79 Å². The van der Waals surface area contributed by atoms with Crippen molar-refractivity contribution in [3.8, 4) is 0 Å². The standard InChI is InChI=1S/C17H32N2O.ClH/c1-2-3-14-4-7-16(8-5-14)19-17(20)9-6-15-10-12-18-13-11-15;/h14-16,18H,2-13H2,1H3,(H,19,20);1H. The highest BCUT2D eigenvalue weighted by molar-refractivity contribution is 5.85. The summed E-state index contributed by atoms with van der Waals surface area (Å²) >= 11 is 0. The van der Waals surface area contributed by atoms with Crippen LogP contribution in [0.1, 0.15) is 71.1 Å². The molecule has 0 aromatic heterocycles. The van der Waals surface area contributed by atoms with Gasteiger partial charge in [-0.1, -0.05) is 19.8 Å². The van der Waals surface area contributed by atoms with Crippen LogP contribution in [0.3, 0.4) is 0 Å². The topological polar surface area (TPSA) is 41.1 Å². The van der Waals surface area contributed by atoms with Crippen LogP contribution < -0.4 is 10.6 Å². The Bertz CT molecular complexity index is 285. The fourth-order valence-electron chi connectivity index (χ4n) is 3.81. The van der Waals surface area contributed by atoms with Crippen LogP contribution >= 0.6 is 12.4 Å². The summed E-state index contributed by atoms with van der Waals surface area (Å²) in [5, 5.41) is 6.65. The second kappa shape index (κ2) is 10.4. The zero-order valence-electron chi connectivity index (χ0n) is 13.5. The molecule has 3 nitrogen and oxygen atoms in total. The molecule has 0 spiro atoms. The van der Waals surface area contributed by atoms with Gasteiger partial charge in [-0.15, -0.1) is 12.4 Å². The quantitative estimate of drug-likeness (QED) is 0.785. The minimum Gasteiger partial charge on any atom is -0.353 e. The van der Waals surface area contributed by atoms with Gasteiger partial charge >= 0.3 is 0 Å². The van der Waals surface area contributed by atoms with Crippen molar-refractivity contribution in [1.82, 2.24) is 10.6 Å². The molecule has 1 aliphatic heterocycles. The molecule has 1 saturated carbocycles. The molecule has 2 N–H and O–H groups in total. The second-order valence-corrected chi connectivity index (χ2v) is 6.81. The van der Waals surface area contributed by atoms with E-state index in [4.69, 9.17) is 0 Å². The van der Waals surface area contributed by atoms with E-state index in [9.17, 15) is 4.79 Å². The summed E-state index contributed by atoms with van der Waals surface area (Å²) in [7, 11) is 0. The molecule has 0 bridgehead atoms. The lowest BCUT2D eigenvalue weighted by Gasteiger charge is -2.29. The molecule has 0 aromatic rings. The first-order valence-electron chi connectivity index (χ1n) is 8.78. The molecule has 124 valence electrons. The monoisotopic (exact) mass is 316 g/mol. The third-order valence-electron chi connectivity index (χ3n) is 5.15. The van der Waals surface area contributed by atoms with Gasteiger partial charge in [0.25, 0.3) is 0 Å². The highest BCUT2D eigenvalue weighted by atomic mass is 35.5. The van der Waals surface area contributed by atoms with Crippen molar-refractivity contribution in [3.05, 3.63) is 0 Å². The summed E-state index contributed by atoms with van der Waals surface area (Å²) in [6.07, 6.45) is 12.0. The summed E-state index contributed by atoms with van der Waals surface area (Å²) in [6, 6.07) is 0.462. The fraction of sp³-hybridized carbons (Fsp3) is 0.941. The molecule has 0 radical (unpaired) electrons. The van der Waals surface area contributed by atoms with Crippen molar-refractivity contribution in [2.45, 2.75) is 77.2 Å². The van der Waals surface area contributed by atoms with E-state index >= 15 is 0 Å². The summed E-state index contributed by atoms with van der Waals surface area (Å²) in [6.45, 7) is 4.54. The van der Waals surface area contributed by atoms with E-state index in [0.29, 0.717) is 11.9 Å². The molecule has 2 fully saturated rings. The molecule has 4 heteroatoms. The molecule has 2 aliphatic rings. The SMILES string of the molecule is CCCC1CCC(NC(=O)CCC2CCNCC2)CC1.Cl. The van der Waals surface area contributed by atoms with Crippen LogP contribution in [0.15, 0.2) is 0 Å². The van der Waals surface area contributed by atoms with Crippen LogP contribution in [-0.4, -0.2) is 25.0 Å². The number of carbonyl (C=O) groups is 1. The van der Waals surface area contributed by atoms with Crippen molar-refractivity contribution in [2.75, 3.05) is 13.1 Å². The van der Waals surface area contributed by atoms with Crippen molar-refractivity contribution in [2.24, 2.45) is 11.8 Å². The van der Waals surface area contributed by atoms with Gasteiger partial charge in [-0.3, -0.25) is 4.79 Å². The van der Waals surface area contributed by atoms with E-state index in [2.05, 4.69) is 17.6 Å². The summed E-state index contributed by atoms with van der Waals surface area (Å²) in [4.78, 5) is 12.0. The Hall–Kier alpha value is -0.280. The highest BCUT2D eigenvalue weighted by Gasteiger charge is 2.22. The van der Waals surface area contributed by atoms with Gasteiger partial charge in [-0.05, 0) is 69.9 Å². The van der Waals surface area contributed by atoms with Crippen molar-refractivity contribution in [1.29, 1.82) is 0 Å². The predicted octanol–water partition coefficient (Wildman–Crippen LogP) is 3.66. The Balaban J connectivity index is 0.00000220. The van der Waals surface area contributed by atoms with Gasteiger partial charge in [0.05, 0.1) is 0 Å². The molecule has 1 heterocycles. The lowest BCUT2D eigenvalue weighted by atomic mass is 9.83. The number of hydrogen-bond donors (Lipinski definition) is 2. The maximum atomic E-state index is 12.0. The Morgan fingerprint density at radius 1 is 1.00 bits per heavy atom. The minimum atomic E-state index is 0. The minimum absolute atomic E-state index is 0. The molecule has 1 saturated heterocycles. The first-order chi connectivity index (χ1) is 9.78. The number of carbonyl (C=O) groups excluding carboxylic acids is 1. The smallest absolute Gasteiger partial charge is 0.220 e. The van der Waals surface area contributed by atoms with Crippen LogP contribution in [0.4, 0.5) is 0 Å². The van der Waals surface area contributed by atoms with E-state index in [0.717, 1.165) is 37.8 Å². The Morgan fingerprint density at radius 3 is 2.24 bits per heavy atom. The number of nitrogens with one attached hydrogen (secondary N) is 2. The van der Waals surface area contributed by atoms with E-state index in [1.54, 1.807) is 0 Å². The van der Waals surface area contributed by atoms with Gasteiger partial charge < -0.3 is 10.6 Å². The van der Waals surface area contributed by atoms with Gasteiger partial charge in [-0.2, -0.15) is 0 Å². The normalized spacial score (nSPS) is 26.9. The van der Waals surface area contributed by atoms with Gasteiger partial charge in [-0.25, -0.2) is 0 Å². The highest BCUT2D eigenvalue weighted by Crippen LogP contribution is 2.27. The summed E-state index contributed by atoms with van der Waals surface area (Å²) in [5.74, 6) is 1.98. The average Bonchev–Trinajstić information content (AvgIpc) is 2.49. The van der Waals surface area contributed by atoms with Crippen LogP contribution in [0, 0.1) is 11.8 Å². The van der Waals surface area contributed by atoms with E-state index in [-0.39, 0.29) is 12.4 Å². The van der Waals surface area contributed by atoms with Crippen LogP contribution in [0.2, 0.25) is 0 Å². The first kappa shape index (κ1) is 18.8. The molecule has 1 aliphatic carbocycles. The molecule has 0 aromatic carbocycles. The largest absolute Gasteiger partial charge is 0.353 e. The summed E-state index contributed by atoms with van der Waals surface area (Å²) in [5.41, 5.74) is 0. The maximum absolute atomic E-state index is 12.0.